The SMILES string of the molecule is CCCCCCCCCC[n+]1ccn(Cc2ccccc2)c1CC. The zero-order valence-electron chi connectivity index (χ0n) is 15.7. The highest BCUT2D eigenvalue weighted by Crippen LogP contribution is 2.09. The van der Waals surface area contributed by atoms with E-state index in [-0.39, 0.29) is 0 Å². The molecular weight excluding hydrogens is 292 g/mol. The van der Waals surface area contributed by atoms with Crippen molar-refractivity contribution in [3.8, 4) is 0 Å². The van der Waals surface area contributed by atoms with Crippen LogP contribution < -0.4 is 4.57 Å². The van der Waals surface area contributed by atoms with Crippen LogP contribution in [0.4, 0.5) is 0 Å². The third-order valence-electron chi connectivity index (χ3n) is 4.85. The molecule has 0 aliphatic heterocycles. The van der Waals surface area contributed by atoms with Gasteiger partial charge in [-0.1, -0.05) is 82.7 Å². The van der Waals surface area contributed by atoms with Crippen molar-refractivity contribution in [1.82, 2.24) is 4.57 Å². The monoisotopic (exact) mass is 327 g/mol. The summed E-state index contributed by atoms with van der Waals surface area (Å²) < 4.78 is 4.86. The molecule has 0 aliphatic rings. The van der Waals surface area contributed by atoms with Gasteiger partial charge in [0.25, 0.3) is 5.82 Å². The second kappa shape index (κ2) is 11.1. The van der Waals surface area contributed by atoms with Gasteiger partial charge in [0.15, 0.2) is 0 Å². The molecule has 2 heteroatoms. The molecule has 0 spiro atoms. The first kappa shape index (κ1) is 18.8. The number of imidazole rings is 1. The summed E-state index contributed by atoms with van der Waals surface area (Å²) in [5, 5.41) is 0. The largest absolute Gasteiger partial charge is 0.256 e. The van der Waals surface area contributed by atoms with Gasteiger partial charge in [-0.3, -0.25) is 0 Å². The molecule has 0 saturated carbocycles. The van der Waals surface area contributed by atoms with E-state index in [2.05, 4.69) is 65.7 Å². The van der Waals surface area contributed by atoms with E-state index in [9.17, 15) is 0 Å². The van der Waals surface area contributed by atoms with Crippen LogP contribution in [0.2, 0.25) is 0 Å². The van der Waals surface area contributed by atoms with E-state index in [0.29, 0.717) is 0 Å². The summed E-state index contributed by atoms with van der Waals surface area (Å²) in [5.74, 6) is 1.45. The van der Waals surface area contributed by atoms with Gasteiger partial charge in [-0.2, -0.15) is 0 Å². The summed E-state index contributed by atoms with van der Waals surface area (Å²) in [6.07, 6.45) is 16.7. The van der Waals surface area contributed by atoms with E-state index < -0.39 is 0 Å². The first-order valence-electron chi connectivity index (χ1n) is 9.96. The molecule has 0 N–H and O–H groups in total. The summed E-state index contributed by atoms with van der Waals surface area (Å²) >= 11 is 0. The van der Waals surface area contributed by atoms with E-state index in [4.69, 9.17) is 0 Å². The van der Waals surface area contributed by atoms with Gasteiger partial charge in [-0.25, -0.2) is 9.13 Å². The molecule has 132 valence electrons. The normalized spacial score (nSPS) is 11.1. The van der Waals surface area contributed by atoms with Gasteiger partial charge in [0.2, 0.25) is 0 Å². The lowest BCUT2D eigenvalue weighted by Crippen LogP contribution is -2.37. The van der Waals surface area contributed by atoms with Crippen molar-refractivity contribution in [3.05, 3.63) is 54.1 Å². The Balaban J connectivity index is 1.75. The van der Waals surface area contributed by atoms with Crippen LogP contribution >= 0.6 is 0 Å². The summed E-state index contributed by atoms with van der Waals surface area (Å²) in [4.78, 5) is 0. The van der Waals surface area contributed by atoms with Crippen molar-refractivity contribution in [2.24, 2.45) is 0 Å². The predicted octanol–water partition coefficient (Wildman–Crippen LogP) is 5.53. The molecule has 0 unspecified atom stereocenters. The Hall–Kier alpha value is -1.57. The van der Waals surface area contributed by atoms with E-state index in [0.717, 1.165) is 13.0 Å². The second-order valence-corrected chi connectivity index (χ2v) is 6.85. The lowest BCUT2D eigenvalue weighted by atomic mass is 10.1. The summed E-state index contributed by atoms with van der Waals surface area (Å²) in [6.45, 7) is 6.70. The number of hydrogen-bond donors (Lipinski definition) is 0. The van der Waals surface area contributed by atoms with Gasteiger partial charge >= 0.3 is 0 Å². The van der Waals surface area contributed by atoms with Crippen molar-refractivity contribution >= 4 is 0 Å². The zero-order chi connectivity index (χ0) is 17.0. The van der Waals surface area contributed by atoms with Crippen LogP contribution in [0.15, 0.2) is 42.7 Å². The predicted molar refractivity (Wildman–Crippen MR) is 102 cm³/mol. The molecule has 0 atom stereocenters. The smallest absolute Gasteiger partial charge is 0.234 e. The number of aromatic nitrogens is 2. The third kappa shape index (κ3) is 6.14. The molecule has 0 saturated heterocycles. The van der Waals surface area contributed by atoms with E-state index in [1.807, 2.05) is 0 Å². The quantitative estimate of drug-likeness (QED) is 0.358. The van der Waals surface area contributed by atoms with Gasteiger partial charge in [-0.15, -0.1) is 0 Å². The zero-order valence-corrected chi connectivity index (χ0v) is 15.7. The van der Waals surface area contributed by atoms with Gasteiger partial charge in [-0.05, 0) is 18.4 Å². The van der Waals surface area contributed by atoms with Crippen LogP contribution in [-0.4, -0.2) is 4.57 Å². The maximum Gasteiger partial charge on any atom is 0.256 e. The summed E-state index contributed by atoms with van der Waals surface area (Å²) in [5.41, 5.74) is 1.38. The van der Waals surface area contributed by atoms with Crippen molar-refractivity contribution in [1.29, 1.82) is 0 Å². The van der Waals surface area contributed by atoms with Crippen LogP contribution in [0.25, 0.3) is 0 Å². The van der Waals surface area contributed by atoms with Gasteiger partial charge < -0.3 is 0 Å². The molecular formula is C22H35N2+. The molecule has 2 nitrogen and oxygen atoms in total. The average Bonchev–Trinajstić information content (AvgIpc) is 2.99. The Morgan fingerprint density at radius 1 is 0.833 bits per heavy atom. The Morgan fingerprint density at radius 2 is 1.50 bits per heavy atom. The number of hydrogen-bond acceptors (Lipinski definition) is 0. The molecule has 0 fully saturated rings. The van der Waals surface area contributed by atoms with E-state index >= 15 is 0 Å². The molecule has 1 heterocycles. The molecule has 1 aromatic carbocycles. The number of nitrogens with zero attached hydrogens (tertiary/aromatic N) is 2. The number of aryl methyl sites for hydroxylation is 1. The Kier molecular flexibility index (Phi) is 8.65. The minimum Gasteiger partial charge on any atom is -0.234 e. The van der Waals surface area contributed by atoms with Crippen molar-refractivity contribution in [3.63, 3.8) is 0 Å². The van der Waals surface area contributed by atoms with Crippen LogP contribution in [0, 0.1) is 0 Å². The second-order valence-electron chi connectivity index (χ2n) is 6.85. The van der Waals surface area contributed by atoms with Crippen LogP contribution in [0.5, 0.6) is 0 Å². The Bertz CT molecular complexity index is 557. The summed E-state index contributed by atoms with van der Waals surface area (Å²) in [7, 11) is 0. The average molecular weight is 328 g/mol. The van der Waals surface area contributed by atoms with Gasteiger partial charge in [0.05, 0.1) is 6.54 Å². The minimum absolute atomic E-state index is 0.981. The maximum absolute atomic E-state index is 2.46. The molecule has 0 aliphatic carbocycles. The number of benzene rings is 1. The molecule has 0 bridgehead atoms. The highest BCUT2D eigenvalue weighted by Gasteiger charge is 2.14. The van der Waals surface area contributed by atoms with Gasteiger partial charge in [0, 0.05) is 6.42 Å². The van der Waals surface area contributed by atoms with Crippen LogP contribution in [0.3, 0.4) is 0 Å². The third-order valence-corrected chi connectivity index (χ3v) is 4.85. The molecule has 24 heavy (non-hydrogen) atoms. The first-order valence-corrected chi connectivity index (χ1v) is 9.96. The highest BCUT2D eigenvalue weighted by molar-refractivity contribution is 5.15. The molecule has 1 aromatic heterocycles. The van der Waals surface area contributed by atoms with Crippen LogP contribution in [0.1, 0.15) is 76.6 Å². The van der Waals surface area contributed by atoms with Crippen molar-refractivity contribution in [2.75, 3.05) is 0 Å². The van der Waals surface area contributed by atoms with E-state index in [1.54, 1.807) is 0 Å². The van der Waals surface area contributed by atoms with Crippen LogP contribution in [-0.2, 0) is 19.5 Å². The van der Waals surface area contributed by atoms with E-state index in [1.165, 1.54) is 69.3 Å². The Labute approximate surface area is 148 Å². The minimum atomic E-state index is 0.981. The lowest BCUT2D eigenvalue weighted by molar-refractivity contribution is -0.704. The number of rotatable bonds is 12. The molecule has 0 amide bonds. The first-order chi connectivity index (χ1) is 11.8. The fourth-order valence-corrected chi connectivity index (χ4v) is 3.45. The summed E-state index contributed by atoms with van der Waals surface area (Å²) in [6, 6.07) is 10.8. The lowest BCUT2D eigenvalue weighted by Gasteiger charge is -2.04. The molecule has 2 rings (SSSR count). The van der Waals surface area contributed by atoms with Crippen molar-refractivity contribution < 1.29 is 4.57 Å². The highest BCUT2D eigenvalue weighted by atomic mass is 15.1. The Morgan fingerprint density at radius 3 is 2.17 bits per heavy atom. The molecule has 2 aromatic rings. The maximum atomic E-state index is 2.46. The topological polar surface area (TPSA) is 8.81 Å². The fourth-order valence-electron chi connectivity index (χ4n) is 3.45. The van der Waals surface area contributed by atoms with Gasteiger partial charge in [0.1, 0.15) is 18.9 Å². The standard InChI is InChI=1S/C22H35N2/c1-3-5-6-7-8-9-10-14-17-23-18-19-24(22(23)4-2)20-21-15-12-11-13-16-21/h11-13,15-16,18-19H,3-10,14,17,20H2,1-2H3/q+1. The molecule has 0 radical (unpaired) electrons. The fraction of sp³-hybridized carbons (Fsp3) is 0.591. The number of unbranched alkanes of at least 4 members (excludes halogenated alkanes) is 7. The van der Waals surface area contributed by atoms with Crippen molar-refractivity contribution in [2.45, 2.75) is 84.7 Å².